The molecule has 2 heterocycles. The van der Waals surface area contributed by atoms with Crippen LogP contribution >= 0.6 is 0 Å². The summed E-state index contributed by atoms with van der Waals surface area (Å²) in [6.45, 7) is 2.76. The number of carbonyl (C=O) groups is 2. The molecule has 5 heteroatoms. The standard InChI is InChI=1S/C20H26N2O3/c23-13-19(24)21-7-5-16(11-21)17-6-8-22(12-17)20(25)18-9-14-3-1-2-4-15(14)10-18/h1-4,16-18,23H,5-13H2. The van der Waals surface area contributed by atoms with Gasteiger partial charge in [-0.15, -0.1) is 0 Å². The number of amides is 2. The Morgan fingerprint density at radius 2 is 1.52 bits per heavy atom. The molecule has 2 amide bonds. The second kappa shape index (κ2) is 6.79. The SMILES string of the molecule is O=C(CO)N1CCC(C2CCN(C(=O)C3Cc4ccccc4C3)C2)C1. The molecule has 0 saturated carbocycles. The largest absolute Gasteiger partial charge is 0.387 e. The first-order valence-electron chi connectivity index (χ1n) is 9.40. The molecule has 2 saturated heterocycles. The van der Waals surface area contributed by atoms with Gasteiger partial charge < -0.3 is 14.9 Å². The number of fused-ring (bicyclic) bond motifs is 1. The Hall–Kier alpha value is -1.88. The van der Waals surface area contributed by atoms with Crippen molar-refractivity contribution in [2.45, 2.75) is 25.7 Å². The monoisotopic (exact) mass is 342 g/mol. The van der Waals surface area contributed by atoms with E-state index in [4.69, 9.17) is 5.11 Å². The lowest BCUT2D eigenvalue weighted by atomic mass is 9.91. The fraction of sp³-hybridized carbons (Fsp3) is 0.600. The van der Waals surface area contributed by atoms with Crippen LogP contribution in [0.4, 0.5) is 0 Å². The van der Waals surface area contributed by atoms with Gasteiger partial charge in [-0.25, -0.2) is 0 Å². The van der Waals surface area contributed by atoms with E-state index in [1.807, 2.05) is 0 Å². The number of carbonyl (C=O) groups excluding carboxylic acids is 2. The Morgan fingerprint density at radius 1 is 0.960 bits per heavy atom. The van der Waals surface area contributed by atoms with Gasteiger partial charge in [-0.2, -0.15) is 0 Å². The van der Waals surface area contributed by atoms with Crippen LogP contribution in [0.25, 0.3) is 0 Å². The van der Waals surface area contributed by atoms with E-state index in [9.17, 15) is 9.59 Å². The maximum absolute atomic E-state index is 12.9. The predicted molar refractivity (Wildman–Crippen MR) is 93.8 cm³/mol. The minimum Gasteiger partial charge on any atom is -0.387 e. The molecule has 1 N–H and O–H groups in total. The molecule has 2 aliphatic heterocycles. The van der Waals surface area contributed by atoms with Crippen molar-refractivity contribution in [2.75, 3.05) is 32.8 Å². The lowest BCUT2D eigenvalue weighted by molar-refractivity contribution is -0.135. The molecule has 134 valence electrons. The third-order valence-electron chi connectivity index (χ3n) is 6.32. The summed E-state index contributed by atoms with van der Waals surface area (Å²) >= 11 is 0. The molecule has 2 unspecified atom stereocenters. The second-order valence-corrected chi connectivity index (χ2v) is 7.75. The molecule has 2 atom stereocenters. The van der Waals surface area contributed by atoms with Crippen molar-refractivity contribution < 1.29 is 14.7 Å². The topological polar surface area (TPSA) is 60.9 Å². The molecule has 25 heavy (non-hydrogen) atoms. The van der Waals surface area contributed by atoms with E-state index in [0.717, 1.165) is 51.9 Å². The van der Waals surface area contributed by atoms with Gasteiger partial charge in [0, 0.05) is 32.1 Å². The molecule has 3 aliphatic rings. The Balaban J connectivity index is 1.33. The number of benzene rings is 1. The van der Waals surface area contributed by atoms with Crippen LogP contribution in [-0.2, 0) is 22.4 Å². The van der Waals surface area contributed by atoms with Gasteiger partial charge in [-0.05, 0) is 48.6 Å². The molecule has 1 aromatic carbocycles. The Kier molecular flexibility index (Phi) is 4.50. The summed E-state index contributed by atoms with van der Waals surface area (Å²) in [7, 11) is 0. The van der Waals surface area contributed by atoms with Crippen LogP contribution in [0.15, 0.2) is 24.3 Å². The minimum atomic E-state index is -0.399. The van der Waals surface area contributed by atoms with E-state index in [1.165, 1.54) is 11.1 Å². The van der Waals surface area contributed by atoms with Crippen LogP contribution in [0.3, 0.4) is 0 Å². The van der Waals surface area contributed by atoms with Crippen molar-refractivity contribution in [1.82, 2.24) is 9.80 Å². The quantitative estimate of drug-likeness (QED) is 0.895. The molecule has 0 radical (unpaired) electrons. The summed E-state index contributed by atoms with van der Waals surface area (Å²) < 4.78 is 0. The first-order chi connectivity index (χ1) is 12.2. The van der Waals surface area contributed by atoms with Gasteiger partial charge in [-0.1, -0.05) is 24.3 Å². The fourth-order valence-corrected chi connectivity index (χ4v) is 4.86. The van der Waals surface area contributed by atoms with Crippen molar-refractivity contribution in [3.05, 3.63) is 35.4 Å². The number of hydrogen-bond acceptors (Lipinski definition) is 3. The first kappa shape index (κ1) is 16.6. The number of rotatable bonds is 3. The summed E-state index contributed by atoms with van der Waals surface area (Å²) in [4.78, 5) is 28.4. The molecular weight excluding hydrogens is 316 g/mol. The van der Waals surface area contributed by atoms with Crippen LogP contribution in [0.2, 0.25) is 0 Å². The number of nitrogens with zero attached hydrogens (tertiary/aromatic N) is 2. The van der Waals surface area contributed by atoms with Gasteiger partial charge in [0.25, 0.3) is 0 Å². The maximum Gasteiger partial charge on any atom is 0.248 e. The van der Waals surface area contributed by atoms with Gasteiger partial charge >= 0.3 is 0 Å². The summed E-state index contributed by atoms with van der Waals surface area (Å²) in [5.41, 5.74) is 2.65. The van der Waals surface area contributed by atoms with E-state index >= 15 is 0 Å². The first-order valence-corrected chi connectivity index (χ1v) is 9.40. The smallest absolute Gasteiger partial charge is 0.248 e. The van der Waals surface area contributed by atoms with Gasteiger partial charge in [0.1, 0.15) is 6.61 Å². The van der Waals surface area contributed by atoms with Crippen LogP contribution in [0.5, 0.6) is 0 Å². The lowest BCUT2D eigenvalue weighted by Gasteiger charge is -2.23. The van der Waals surface area contributed by atoms with Crippen LogP contribution < -0.4 is 0 Å². The van der Waals surface area contributed by atoms with Crippen molar-refractivity contribution in [3.8, 4) is 0 Å². The predicted octanol–water partition coefficient (Wildman–Crippen LogP) is 1.09. The maximum atomic E-state index is 12.9. The van der Waals surface area contributed by atoms with Crippen molar-refractivity contribution in [1.29, 1.82) is 0 Å². The molecule has 0 bridgehead atoms. The third-order valence-corrected chi connectivity index (χ3v) is 6.32. The average molecular weight is 342 g/mol. The molecular formula is C20H26N2O3. The molecule has 0 aromatic heterocycles. The Labute approximate surface area is 148 Å². The number of likely N-dealkylation sites (tertiary alicyclic amines) is 2. The molecule has 1 aliphatic carbocycles. The number of aliphatic hydroxyl groups is 1. The zero-order chi connectivity index (χ0) is 17.4. The van der Waals surface area contributed by atoms with Gasteiger partial charge in [0.15, 0.2) is 0 Å². The zero-order valence-corrected chi connectivity index (χ0v) is 14.6. The fourth-order valence-electron chi connectivity index (χ4n) is 4.86. The van der Waals surface area contributed by atoms with E-state index in [1.54, 1.807) is 4.90 Å². The van der Waals surface area contributed by atoms with Crippen molar-refractivity contribution >= 4 is 11.8 Å². The van der Waals surface area contributed by atoms with Gasteiger partial charge in [-0.3, -0.25) is 9.59 Å². The summed E-state index contributed by atoms with van der Waals surface area (Å²) in [6.07, 6.45) is 3.78. The molecule has 5 nitrogen and oxygen atoms in total. The van der Waals surface area contributed by atoms with Crippen molar-refractivity contribution in [2.24, 2.45) is 17.8 Å². The van der Waals surface area contributed by atoms with E-state index < -0.39 is 6.61 Å². The zero-order valence-electron chi connectivity index (χ0n) is 14.6. The van der Waals surface area contributed by atoms with E-state index in [0.29, 0.717) is 17.7 Å². The normalized spacial score (nSPS) is 26.3. The number of hydrogen-bond donors (Lipinski definition) is 1. The highest BCUT2D eigenvalue weighted by Gasteiger charge is 2.39. The highest BCUT2D eigenvalue weighted by atomic mass is 16.3. The molecule has 2 fully saturated rings. The Morgan fingerprint density at radius 3 is 2.12 bits per heavy atom. The van der Waals surface area contributed by atoms with E-state index in [-0.39, 0.29) is 11.8 Å². The molecule has 4 rings (SSSR count). The summed E-state index contributed by atoms with van der Waals surface area (Å²) in [5, 5.41) is 9.01. The number of aliphatic hydroxyl groups excluding tert-OH is 1. The van der Waals surface area contributed by atoms with Gasteiger partial charge in [0.05, 0.1) is 0 Å². The van der Waals surface area contributed by atoms with Gasteiger partial charge in [0.2, 0.25) is 11.8 Å². The highest BCUT2D eigenvalue weighted by Crippen LogP contribution is 2.34. The summed E-state index contributed by atoms with van der Waals surface area (Å²) in [5.74, 6) is 1.20. The highest BCUT2D eigenvalue weighted by molar-refractivity contribution is 5.81. The minimum absolute atomic E-state index is 0.104. The summed E-state index contributed by atoms with van der Waals surface area (Å²) in [6, 6.07) is 8.38. The van der Waals surface area contributed by atoms with Crippen LogP contribution in [0, 0.1) is 17.8 Å². The van der Waals surface area contributed by atoms with Crippen LogP contribution in [0.1, 0.15) is 24.0 Å². The Bertz CT molecular complexity index is 650. The van der Waals surface area contributed by atoms with E-state index in [2.05, 4.69) is 29.2 Å². The van der Waals surface area contributed by atoms with Crippen LogP contribution in [-0.4, -0.2) is 59.5 Å². The third kappa shape index (κ3) is 3.17. The average Bonchev–Trinajstić information content (AvgIpc) is 3.38. The second-order valence-electron chi connectivity index (χ2n) is 7.75. The lowest BCUT2D eigenvalue weighted by Crippen LogP contribution is -2.36. The van der Waals surface area contributed by atoms with Crippen molar-refractivity contribution in [3.63, 3.8) is 0 Å². The molecule has 1 aromatic rings. The molecule has 0 spiro atoms.